The van der Waals surface area contributed by atoms with Crippen LogP contribution < -0.4 is 4.90 Å². The second-order valence-electron chi connectivity index (χ2n) is 5.18. The fraction of sp³-hybridized carbons (Fsp3) is 0.692. The average Bonchev–Trinajstić information content (AvgIpc) is 2.87. The van der Waals surface area contributed by atoms with E-state index in [9.17, 15) is 4.79 Å². The van der Waals surface area contributed by atoms with E-state index in [4.69, 9.17) is 4.74 Å². The Hall–Kier alpha value is -1.14. The Bertz CT molecular complexity index is 425. The summed E-state index contributed by atoms with van der Waals surface area (Å²) in [7, 11) is 1.40. The average molecular weight is 283 g/mol. The zero-order valence-electron chi connectivity index (χ0n) is 11.8. The lowest BCUT2D eigenvalue weighted by molar-refractivity contribution is 0.0606. The number of carbonyl (C=O) groups excluding carboxylic acids is 1. The standard InChI is InChI=1S/C13H21N3O2S/c1-10(2)9-15-4-6-16(7-5-15)13-14-8-11(19-13)12(17)18-3/h8,10H,4-7,9H2,1-3H3. The van der Waals surface area contributed by atoms with Gasteiger partial charge in [-0.2, -0.15) is 0 Å². The number of hydrogen-bond acceptors (Lipinski definition) is 6. The number of nitrogens with zero attached hydrogens (tertiary/aromatic N) is 3. The molecule has 1 saturated heterocycles. The van der Waals surface area contributed by atoms with E-state index >= 15 is 0 Å². The number of carbonyl (C=O) groups is 1. The van der Waals surface area contributed by atoms with Gasteiger partial charge in [-0.25, -0.2) is 9.78 Å². The highest BCUT2D eigenvalue weighted by atomic mass is 32.1. The second kappa shape index (κ2) is 6.34. The van der Waals surface area contributed by atoms with Crippen LogP contribution >= 0.6 is 11.3 Å². The van der Waals surface area contributed by atoms with Crippen LogP contribution in [0.15, 0.2) is 6.20 Å². The van der Waals surface area contributed by atoms with Gasteiger partial charge in [0.1, 0.15) is 4.88 Å². The molecular formula is C13H21N3O2S. The van der Waals surface area contributed by atoms with Crippen LogP contribution in [0.5, 0.6) is 0 Å². The number of thiazole rings is 1. The Morgan fingerprint density at radius 2 is 2.11 bits per heavy atom. The molecule has 0 atom stereocenters. The molecule has 1 aromatic rings. The maximum absolute atomic E-state index is 11.4. The largest absolute Gasteiger partial charge is 0.465 e. The van der Waals surface area contributed by atoms with Crippen molar-refractivity contribution in [3.05, 3.63) is 11.1 Å². The van der Waals surface area contributed by atoms with Crippen LogP contribution in [-0.2, 0) is 4.74 Å². The molecule has 0 aliphatic carbocycles. The van der Waals surface area contributed by atoms with Gasteiger partial charge in [-0.15, -0.1) is 0 Å². The summed E-state index contributed by atoms with van der Waals surface area (Å²) in [5.74, 6) is 0.402. The van der Waals surface area contributed by atoms with E-state index in [1.165, 1.54) is 18.4 Å². The van der Waals surface area contributed by atoms with Crippen LogP contribution in [-0.4, -0.2) is 55.7 Å². The summed E-state index contributed by atoms with van der Waals surface area (Å²) in [4.78, 5) is 21.0. The van der Waals surface area contributed by atoms with Gasteiger partial charge in [-0.05, 0) is 5.92 Å². The molecule has 0 spiro atoms. The first-order valence-electron chi connectivity index (χ1n) is 6.61. The minimum absolute atomic E-state index is 0.304. The Morgan fingerprint density at radius 1 is 1.42 bits per heavy atom. The highest BCUT2D eigenvalue weighted by Gasteiger charge is 2.21. The predicted octanol–water partition coefficient (Wildman–Crippen LogP) is 1.71. The fourth-order valence-electron chi connectivity index (χ4n) is 2.24. The van der Waals surface area contributed by atoms with Gasteiger partial charge >= 0.3 is 5.97 Å². The molecule has 0 amide bonds. The topological polar surface area (TPSA) is 45.7 Å². The molecule has 5 nitrogen and oxygen atoms in total. The molecular weight excluding hydrogens is 262 g/mol. The fourth-order valence-corrected chi connectivity index (χ4v) is 3.13. The van der Waals surface area contributed by atoms with Gasteiger partial charge in [-0.1, -0.05) is 25.2 Å². The smallest absolute Gasteiger partial charge is 0.349 e. The van der Waals surface area contributed by atoms with E-state index in [-0.39, 0.29) is 5.97 Å². The molecule has 2 heterocycles. The number of ether oxygens (including phenoxy) is 1. The first-order chi connectivity index (χ1) is 9.10. The van der Waals surface area contributed by atoms with Crippen LogP contribution in [0, 0.1) is 5.92 Å². The van der Waals surface area contributed by atoms with Gasteiger partial charge < -0.3 is 9.64 Å². The molecule has 6 heteroatoms. The van der Waals surface area contributed by atoms with Crippen molar-refractivity contribution in [2.24, 2.45) is 5.92 Å². The summed E-state index contributed by atoms with van der Waals surface area (Å²) in [6.07, 6.45) is 1.60. The summed E-state index contributed by atoms with van der Waals surface area (Å²) >= 11 is 1.41. The number of anilines is 1. The molecule has 0 radical (unpaired) electrons. The van der Waals surface area contributed by atoms with Crippen LogP contribution in [0.25, 0.3) is 0 Å². The zero-order chi connectivity index (χ0) is 13.8. The molecule has 0 aromatic carbocycles. The monoisotopic (exact) mass is 283 g/mol. The summed E-state index contributed by atoms with van der Waals surface area (Å²) < 4.78 is 4.70. The number of aromatic nitrogens is 1. The summed E-state index contributed by atoms with van der Waals surface area (Å²) in [5, 5.41) is 0.921. The minimum atomic E-state index is -0.304. The maximum atomic E-state index is 11.4. The van der Waals surface area contributed by atoms with Gasteiger partial charge in [0.05, 0.1) is 13.3 Å². The summed E-state index contributed by atoms with van der Waals surface area (Å²) in [6, 6.07) is 0. The van der Waals surface area contributed by atoms with Crippen molar-refractivity contribution in [1.29, 1.82) is 0 Å². The molecule has 106 valence electrons. The quantitative estimate of drug-likeness (QED) is 0.787. The first-order valence-corrected chi connectivity index (χ1v) is 7.43. The Labute approximate surface area is 118 Å². The Kier molecular flexibility index (Phi) is 4.76. The van der Waals surface area contributed by atoms with Crippen molar-refractivity contribution in [2.75, 3.05) is 44.7 Å². The number of hydrogen-bond donors (Lipinski definition) is 0. The van der Waals surface area contributed by atoms with E-state index in [0.717, 1.165) is 37.9 Å². The normalized spacial score (nSPS) is 16.9. The van der Waals surface area contributed by atoms with E-state index in [2.05, 4.69) is 28.6 Å². The van der Waals surface area contributed by atoms with Crippen molar-refractivity contribution >= 4 is 22.4 Å². The highest BCUT2D eigenvalue weighted by Crippen LogP contribution is 2.24. The third-order valence-corrected chi connectivity index (χ3v) is 4.18. The van der Waals surface area contributed by atoms with Crippen molar-refractivity contribution in [2.45, 2.75) is 13.8 Å². The van der Waals surface area contributed by atoms with E-state index in [0.29, 0.717) is 10.8 Å². The minimum Gasteiger partial charge on any atom is -0.465 e. The molecule has 19 heavy (non-hydrogen) atoms. The predicted molar refractivity (Wildman–Crippen MR) is 76.9 cm³/mol. The number of esters is 1. The van der Waals surface area contributed by atoms with E-state index in [1.807, 2.05) is 0 Å². The van der Waals surface area contributed by atoms with Gasteiger partial charge in [0.25, 0.3) is 0 Å². The molecule has 0 bridgehead atoms. The van der Waals surface area contributed by atoms with Gasteiger partial charge in [0, 0.05) is 32.7 Å². The van der Waals surface area contributed by atoms with Crippen molar-refractivity contribution in [3.63, 3.8) is 0 Å². The molecule has 0 N–H and O–H groups in total. The lowest BCUT2D eigenvalue weighted by atomic mass is 10.2. The van der Waals surface area contributed by atoms with Crippen LogP contribution in [0.3, 0.4) is 0 Å². The molecule has 1 aliphatic rings. The lowest BCUT2D eigenvalue weighted by Gasteiger charge is -2.35. The molecule has 0 unspecified atom stereocenters. The van der Waals surface area contributed by atoms with Gasteiger partial charge in [0.2, 0.25) is 0 Å². The van der Waals surface area contributed by atoms with E-state index < -0.39 is 0 Å². The summed E-state index contributed by atoms with van der Waals surface area (Å²) in [5.41, 5.74) is 0. The number of methoxy groups -OCH3 is 1. The summed E-state index contributed by atoms with van der Waals surface area (Å²) in [6.45, 7) is 9.71. The SMILES string of the molecule is COC(=O)c1cnc(N2CCN(CC(C)C)CC2)s1. The number of rotatable bonds is 4. The van der Waals surface area contributed by atoms with Crippen LogP contribution in [0.4, 0.5) is 5.13 Å². The van der Waals surface area contributed by atoms with Crippen molar-refractivity contribution < 1.29 is 9.53 Å². The highest BCUT2D eigenvalue weighted by molar-refractivity contribution is 7.17. The molecule has 0 saturated carbocycles. The van der Waals surface area contributed by atoms with Crippen LogP contribution in [0.2, 0.25) is 0 Å². The van der Waals surface area contributed by atoms with Crippen LogP contribution in [0.1, 0.15) is 23.5 Å². The molecule has 1 fully saturated rings. The second-order valence-corrected chi connectivity index (χ2v) is 6.19. The van der Waals surface area contributed by atoms with E-state index in [1.54, 1.807) is 6.20 Å². The maximum Gasteiger partial charge on any atom is 0.349 e. The third-order valence-electron chi connectivity index (χ3n) is 3.15. The lowest BCUT2D eigenvalue weighted by Crippen LogP contribution is -2.47. The third kappa shape index (κ3) is 3.67. The molecule has 1 aromatic heterocycles. The first kappa shape index (κ1) is 14.3. The Balaban J connectivity index is 1.91. The molecule has 1 aliphatic heterocycles. The number of piperazine rings is 1. The van der Waals surface area contributed by atoms with Crippen molar-refractivity contribution in [3.8, 4) is 0 Å². The Morgan fingerprint density at radius 3 is 2.68 bits per heavy atom. The van der Waals surface area contributed by atoms with Gasteiger partial charge in [0.15, 0.2) is 5.13 Å². The molecule has 2 rings (SSSR count). The zero-order valence-corrected chi connectivity index (χ0v) is 12.6. The van der Waals surface area contributed by atoms with Gasteiger partial charge in [-0.3, -0.25) is 4.90 Å². The van der Waals surface area contributed by atoms with Crippen molar-refractivity contribution in [1.82, 2.24) is 9.88 Å².